The molecule has 10 nitrogen and oxygen atoms in total. The van der Waals surface area contributed by atoms with Gasteiger partial charge in [-0.05, 0) is 93.8 Å². The number of esters is 2. The van der Waals surface area contributed by atoms with Crippen molar-refractivity contribution in [2.45, 2.75) is 53.4 Å². The minimum Gasteiger partial charge on any atom is -0.493 e. The molecule has 0 spiro atoms. The SMILES string of the molecule is CCOC(=O)C1=C(C)N=c2s/c(=C/c3cccc(OCc4ccc(C(=O)OCC)cc4)c3)c(=O)n2[C@@H]1c1ccc(OC(C)C)c(OC)c1. The Kier molecular flexibility index (Phi) is 10.8. The predicted molar refractivity (Wildman–Crippen MR) is 182 cm³/mol. The molecular formula is C37H38N2O8S. The quantitative estimate of drug-likeness (QED) is 0.186. The zero-order valence-corrected chi connectivity index (χ0v) is 28.6. The van der Waals surface area contributed by atoms with Crippen LogP contribution in [0.5, 0.6) is 17.2 Å². The van der Waals surface area contributed by atoms with E-state index < -0.39 is 12.0 Å². The molecule has 0 fully saturated rings. The van der Waals surface area contributed by atoms with E-state index in [0.717, 1.165) is 11.1 Å². The maximum atomic E-state index is 14.1. The summed E-state index contributed by atoms with van der Waals surface area (Å²) in [6, 6.07) is 19.0. The van der Waals surface area contributed by atoms with Crippen molar-refractivity contribution in [1.82, 2.24) is 4.57 Å². The molecule has 0 bridgehead atoms. The number of carbonyl (C=O) groups is 2. The van der Waals surface area contributed by atoms with Gasteiger partial charge in [-0.15, -0.1) is 0 Å². The fourth-order valence-corrected chi connectivity index (χ4v) is 6.32. The summed E-state index contributed by atoms with van der Waals surface area (Å²) in [7, 11) is 1.55. The lowest BCUT2D eigenvalue weighted by molar-refractivity contribution is -0.139. The summed E-state index contributed by atoms with van der Waals surface area (Å²) >= 11 is 1.24. The van der Waals surface area contributed by atoms with Gasteiger partial charge in [-0.2, -0.15) is 0 Å². The van der Waals surface area contributed by atoms with Gasteiger partial charge in [0.1, 0.15) is 12.4 Å². The Bertz CT molecular complexity index is 2030. The largest absolute Gasteiger partial charge is 0.493 e. The number of allylic oxidation sites excluding steroid dienone is 1. The van der Waals surface area contributed by atoms with Crippen LogP contribution in [0.25, 0.3) is 6.08 Å². The third kappa shape index (κ3) is 7.52. The molecule has 0 aliphatic carbocycles. The Morgan fingerprint density at radius 2 is 1.69 bits per heavy atom. The van der Waals surface area contributed by atoms with Crippen LogP contribution in [0.15, 0.2) is 87.8 Å². The number of hydrogen-bond donors (Lipinski definition) is 0. The Morgan fingerprint density at radius 1 is 0.958 bits per heavy atom. The van der Waals surface area contributed by atoms with E-state index >= 15 is 0 Å². The zero-order valence-electron chi connectivity index (χ0n) is 27.8. The smallest absolute Gasteiger partial charge is 0.338 e. The van der Waals surface area contributed by atoms with Gasteiger partial charge >= 0.3 is 11.9 Å². The Hall–Kier alpha value is -5.16. The number of fused-ring (bicyclic) bond motifs is 1. The molecule has 3 aromatic carbocycles. The molecular weight excluding hydrogens is 632 g/mol. The summed E-state index contributed by atoms with van der Waals surface area (Å²) in [5, 5.41) is 0. The molecule has 5 rings (SSSR count). The average Bonchev–Trinajstić information content (AvgIpc) is 3.37. The number of benzene rings is 3. The summed E-state index contributed by atoms with van der Waals surface area (Å²) in [5.41, 5.74) is 3.22. The van der Waals surface area contributed by atoms with Gasteiger partial charge in [-0.3, -0.25) is 9.36 Å². The van der Waals surface area contributed by atoms with Crippen LogP contribution >= 0.6 is 11.3 Å². The summed E-state index contributed by atoms with van der Waals surface area (Å²) in [5.74, 6) is 0.737. The van der Waals surface area contributed by atoms with E-state index in [1.54, 1.807) is 58.2 Å². The number of aromatic nitrogens is 1. The fraction of sp³-hybridized carbons (Fsp3) is 0.297. The lowest BCUT2D eigenvalue weighted by atomic mass is 9.95. The highest BCUT2D eigenvalue weighted by Crippen LogP contribution is 2.36. The molecule has 1 atom stereocenters. The number of nitrogens with zero attached hydrogens (tertiary/aromatic N) is 2. The van der Waals surface area contributed by atoms with Gasteiger partial charge in [0.05, 0.1) is 53.8 Å². The molecule has 250 valence electrons. The van der Waals surface area contributed by atoms with Crippen molar-refractivity contribution < 1.29 is 33.3 Å². The highest BCUT2D eigenvalue weighted by atomic mass is 32.1. The number of carbonyl (C=O) groups excluding carboxylic acids is 2. The van der Waals surface area contributed by atoms with Gasteiger partial charge in [-0.1, -0.05) is 41.7 Å². The molecule has 0 saturated heterocycles. The van der Waals surface area contributed by atoms with Crippen LogP contribution in [0.2, 0.25) is 0 Å². The van der Waals surface area contributed by atoms with Crippen LogP contribution in [0.3, 0.4) is 0 Å². The van der Waals surface area contributed by atoms with E-state index in [2.05, 4.69) is 4.99 Å². The summed E-state index contributed by atoms with van der Waals surface area (Å²) < 4.78 is 30.0. The maximum absolute atomic E-state index is 14.1. The predicted octanol–water partition coefficient (Wildman–Crippen LogP) is 5.35. The number of ether oxygens (including phenoxy) is 5. The maximum Gasteiger partial charge on any atom is 0.338 e. The van der Waals surface area contributed by atoms with E-state index in [4.69, 9.17) is 23.7 Å². The number of thiazole rings is 1. The van der Waals surface area contributed by atoms with Crippen molar-refractivity contribution in [2.75, 3.05) is 20.3 Å². The molecule has 48 heavy (non-hydrogen) atoms. The molecule has 0 radical (unpaired) electrons. The lowest BCUT2D eigenvalue weighted by Gasteiger charge is -2.25. The first-order valence-corrected chi connectivity index (χ1v) is 16.5. The van der Waals surface area contributed by atoms with E-state index in [1.807, 2.05) is 56.3 Å². The molecule has 4 aromatic rings. The zero-order chi connectivity index (χ0) is 34.4. The second kappa shape index (κ2) is 15.2. The molecule has 0 saturated carbocycles. The van der Waals surface area contributed by atoms with Crippen LogP contribution in [-0.2, 0) is 20.9 Å². The molecule has 11 heteroatoms. The van der Waals surface area contributed by atoms with Gasteiger partial charge in [-0.25, -0.2) is 14.6 Å². The normalized spacial score (nSPS) is 14.3. The minimum absolute atomic E-state index is 0.0760. The molecule has 0 amide bonds. The van der Waals surface area contributed by atoms with Crippen molar-refractivity contribution in [3.8, 4) is 17.2 Å². The fourth-order valence-electron chi connectivity index (χ4n) is 5.28. The summed E-state index contributed by atoms with van der Waals surface area (Å²) in [6.45, 7) is 9.87. The van der Waals surface area contributed by atoms with Crippen LogP contribution in [0.4, 0.5) is 0 Å². The van der Waals surface area contributed by atoms with E-state index in [-0.39, 0.29) is 36.4 Å². The first kappa shape index (κ1) is 34.2. The number of rotatable bonds is 12. The molecule has 1 aliphatic rings. The first-order chi connectivity index (χ1) is 23.1. The molecule has 1 aromatic heterocycles. The molecule has 1 aliphatic heterocycles. The highest BCUT2D eigenvalue weighted by Gasteiger charge is 2.34. The van der Waals surface area contributed by atoms with Crippen LogP contribution in [-0.4, -0.2) is 42.9 Å². The van der Waals surface area contributed by atoms with Gasteiger partial charge in [0.2, 0.25) is 0 Å². The van der Waals surface area contributed by atoms with Crippen LogP contribution in [0.1, 0.15) is 67.7 Å². The van der Waals surface area contributed by atoms with Gasteiger partial charge in [0, 0.05) is 0 Å². The lowest BCUT2D eigenvalue weighted by Crippen LogP contribution is -2.40. The monoisotopic (exact) mass is 670 g/mol. The standard InChI is InChI=1S/C37H38N2O8S/c1-7-44-35(41)26-14-12-24(13-15-26)21-46-28-11-9-10-25(18-28)19-31-34(40)39-33(27-16-17-29(47-22(3)4)30(20-27)43-6)32(36(42)45-8-2)23(5)38-37(39)48-31/h9-20,22,33H,7-8,21H2,1-6H3/b31-19+/t33-/m1/s1. The van der Waals surface area contributed by atoms with Crippen molar-refractivity contribution in [1.29, 1.82) is 0 Å². The Labute approximate surface area is 282 Å². The Morgan fingerprint density at radius 3 is 2.38 bits per heavy atom. The molecule has 0 N–H and O–H groups in total. The second-order valence-electron chi connectivity index (χ2n) is 11.2. The van der Waals surface area contributed by atoms with Crippen molar-refractivity contribution in [2.24, 2.45) is 4.99 Å². The molecule has 0 unspecified atom stereocenters. The summed E-state index contributed by atoms with van der Waals surface area (Å²) in [6.07, 6.45) is 1.71. The van der Waals surface area contributed by atoms with Crippen LogP contribution < -0.4 is 29.1 Å². The molecule has 2 heterocycles. The van der Waals surface area contributed by atoms with E-state index in [1.165, 1.54) is 15.9 Å². The topological polar surface area (TPSA) is 115 Å². The second-order valence-corrected chi connectivity index (χ2v) is 12.2. The number of hydrogen-bond acceptors (Lipinski definition) is 10. The number of methoxy groups -OCH3 is 1. The summed E-state index contributed by atoms with van der Waals surface area (Å²) in [4.78, 5) is 44.5. The third-order valence-electron chi connectivity index (χ3n) is 7.41. The Balaban J connectivity index is 1.49. The van der Waals surface area contributed by atoms with E-state index in [9.17, 15) is 14.4 Å². The van der Waals surface area contributed by atoms with Crippen molar-refractivity contribution in [3.05, 3.63) is 120 Å². The first-order valence-electron chi connectivity index (χ1n) is 15.7. The van der Waals surface area contributed by atoms with Crippen LogP contribution in [0, 0.1) is 0 Å². The van der Waals surface area contributed by atoms with Crippen molar-refractivity contribution in [3.63, 3.8) is 0 Å². The van der Waals surface area contributed by atoms with Gasteiger partial charge < -0.3 is 23.7 Å². The minimum atomic E-state index is -0.797. The van der Waals surface area contributed by atoms with Gasteiger partial charge in [0.25, 0.3) is 5.56 Å². The third-order valence-corrected chi connectivity index (χ3v) is 8.39. The van der Waals surface area contributed by atoms with Crippen molar-refractivity contribution >= 4 is 29.4 Å². The average molecular weight is 671 g/mol. The van der Waals surface area contributed by atoms with Gasteiger partial charge in [0.15, 0.2) is 16.3 Å². The van der Waals surface area contributed by atoms with E-state index in [0.29, 0.717) is 50.0 Å². The highest BCUT2D eigenvalue weighted by molar-refractivity contribution is 7.07.